The van der Waals surface area contributed by atoms with Gasteiger partial charge in [-0.05, 0) is 45.7 Å². The van der Waals surface area contributed by atoms with E-state index in [-0.39, 0.29) is 43.8 Å². The van der Waals surface area contributed by atoms with Gasteiger partial charge in [-0.2, -0.15) is 4.90 Å². The molecule has 52 heavy (non-hydrogen) atoms. The Morgan fingerprint density at radius 2 is 1.56 bits per heavy atom. The second-order valence-corrected chi connectivity index (χ2v) is 13.7. The average Bonchev–Trinajstić information content (AvgIpc) is 3.95. The zero-order valence-electron chi connectivity index (χ0n) is 29.3. The number of carbonyl (C=O) groups excluding carboxylic acids is 2. The van der Waals surface area contributed by atoms with Crippen molar-refractivity contribution in [3.63, 3.8) is 0 Å². The van der Waals surface area contributed by atoms with Crippen molar-refractivity contribution >= 4 is 75.8 Å². The van der Waals surface area contributed by atoms with E-state index in [0.717, 1.165) is 29.2 Å². The van der Waals surface area contributed by atoms with Crippen LogP contribution in [0.4, 0.5) is 48.8 Å². The van der Waals surface area contributed by atoms with Crippen LogP contribution < -0.4 is 29.1 Å². The van der Waals surface area contributed by atoms with Crippen molar-refractivity contribution in [3.8, 4) is 11.5 Å². The molecule has 278 valence electrons. The third kappa shape index (κ3) is 8.00. The summed E-state index contributed by atoms with van der Waals surface area (Å²) in [5.74, 6) is -0.464. The predicted molar refractivity (Wildman–Crippen MR) is 194 cm³/mol. The number of urea groups is 1. The molecule has 2 aliphatic rings. The number of rotatable bonds is 9. The van der Waals surface area contributed by atoms with Crippen molar-refractivity contribution < 1.29 is 38.6 Å². The lowest BCUT2D eigenvalue weighted by atomic mass is 10.1. The van der Waals surface area contributed by atoms with E-state index in [1.54, 1.807) is 26.8 Å². The van der Waals surface area contributed by atoms with Gasteiger partial charge in [0.25, 0.3) is 5.69 Å². The van der Waals surface area contributed by atoms with Crippen molar-refractivity contribution in [3.05, 3.63) is 56.8 Å². The second kappa shape index (κ2) is 15.2. The minimum Gasteiger partial charge on any atom is -0.495 e. The SMILES string of the molecule is COc1cc(OC)c(Cl)c(N(C(=O)O)C(=O)N(C)c2cc(N(C(=O)OC(C)(C)C)c3ccc(N4CCN(C5CC5)CC4)cc3[N+](=O)[O-])ncn2)c1Cl. The number of nitrogens with zero attached hydrogens (tertiary/aromatic N) is 8. The minimum absolute atomic E-state index is 0.0231. The highest BCUT2D eigenvalue weighted by Gasteiger charge is 2.37. The Morgan fingerprint density at radius 1 is 0.962 bits per heavy atom. The number of imide groups is 1. The summed E-state index contributed by atoms with van der Waals surface area (Å²) >= 11 is 12.9. The molecule has 0 bridgehead atoms. The van der Waals surface area contributed by atoms with Gasteiger partial charge in [-0.15, -0.1) is 0 Å². The summed E-state index contributed by atoms with van der Waals surface area (Å²) < 4.78 is 16.1. The number of halogens is 2. The number of hydrogen-bond acceptors (Lipinski definition) is 12. The van der Waals surface area contributed by atoms with E-state index in [1.165, 1.54) is 58.4 Å². The van der Waals surface area contributed by atoms with Crippen LogP contribution in [-0.4, -0.2) is 102 Å². The van der Waals surface area contributed by atoms with Gasteiger partial charge in [-0.1, -0.05) is 23.2 Å². The summed E-state index contributed by atoms with van der Waals surface area (Å²) in [6, 6.07) is 6.44. The molecule has 0 radical (unpaired) electrons. The fraction of sp³-hybridized carbons (Fsp3) is 0.424. The second-order valence-electron chi connectivity index (χ2n) is 13.0. The first-order chi connectivity index (χ1) is 24.6. The topological polar surface area (TPSA) is 184 Å². The van der Waals surface area contributed by atoms with Crippen LogP contribution in [0.25, 0.3) is 0 Å². The smallest absolute Gasteiger partial charge is 0.420 e. The lowest BCUT2D eigenvalue weighted by Crippen LogP contribution is -2.47. The van der Waals surface area contributed by atoms with E-state index in [0.29, 0.717) is 24.8 Å². The van der Waals surface area contributed by atoms with Gasteiger partial charge in [0, 0.05) is 63.2 Å². The quantitative estimate of drug-likeness (QED) is 0.177. The summed E-state index contributed by atoms with van der Waals surface area (Å²) in [5, 5.41) is 22.1. The molecule has 1 aliphatic heterocycles. The summed E-state index contributed by atoms with van der Waals surface area (Å²) in [6.45, 7) is 7.93. The number of nitro groups is 1. The number of amides is 4. The standard InChI is InChI=1S/C33H38Cl2N8O9/c1-33(2,3)52-32(47)41(21-10-9-20(15-22(21)43(48)49)40-13-11-39(12-14-40)19-7-8-19)26-17-25(36-18-37-26)38(4)30(44)42(31(45)46)29-27(34)23(50-5)16-24(51-6)28(29)35/h9-10,15-19H,7-8,11-14H2,1-6H3,(H,45,46). The van der Waals surface area contributed by atoms with E-state index < -0.39 is 40.1 Å². The van der Waals surface area contributed by atoms with Crippen LogP contribution in [0, 0.1) is 10.1 Å². The number of methoxy groups -OCH3 is 2. The number of ether oxygens (including phenoxy) is 3. The largest absolute Gasteiger partial charge is 0.495 e. The molecular weight excluding hydrogens is 723 g/mol. The van der Waals surface area contributed by atoms with E-state index in [9.17, 15) is 29.6 Å². The number of anilines is 5. The third-order valence-corrected chi connectivity index (χ3v) is 9.10. The van der Waals surface area contributed by atoms with Gasteiger partial charge in [0.05, 0.1) is 19.1 Å². The maximum absolute atomic E-state index is 13.9. The molecule has 1 aromatic heterocycles. The molecule has 4 amide bonds. The molecule has 1 saturated carbocycles. The van der Waals surface area contributed by atoms with Crippen molar-refractivity contribution in [2.45, 2.75) is 45.3 Å². The number of hydrogen-bond donors (Lipinski definition) is 1. The normalized spacial score (nSPS) is 14.7. The van der Waals surface area contributed by atoms with E-state index >= 15 is 0 Å². The Labute approximate surface area is 309 Å². The summed E-state index contributed by atoms with van der Waals surface area (Å²) in [5.41, 5.74) is -1.41. The molecule has 3 aromatic rings. The molecule has 5 rings (SSSR count). The number of nitro benzene ring substituents is 1. The first-order valence-corrected chi connectivity index (χ1v) is 16.8. The number of aromatic nitrogens is 2. The molecule has 1 saturated heterocycles. The zero-order chi connectivity index (χ0) is 38.1. The molecule has 19 heteroatoms. The molecule has 1 aliphatic carbocycles. The van der Waals surface area contributed by atoms with Crippen molar-refractivity contribution in [2.75, 3.05) is 67.0 Å². The predicted octanol–water partition coefficient (Wildman–Crippen LogP) is 6.81. The molecule has 2 aromatic carbocycles. The molecular formula is C33H38Cl2N8O9. The maximum atomic E-state index is 13.9. The van der Waals surface area contributed by atoms with Crippen LogP contribution in [0.1, 0.15) is 33.6 Å². The van der Waals surface area contributed by atoms with Gasteiger partial charge in [0.1, 0.15) is 56.5 Å². The highest BCUT2D eigenvalue weighted by atomic mass is 35.5. The Morgan fingerprint density at radius 3 is 2.08 bits per heavy atom. The Hall–Kier alpha value is -5.13. The number of benzene rings is 2. The van der Waals surface area contributed by atoms with Crippen LogP contribution in [0.3, 0.4) is 0 Å². The highest BCUT2D eigenvalue weighted by molar-refractivity contribution is 6.43. The number of piperazine rings is 1. The van der Waals surface area contributed by atoms with Crippen LogP contribution in [-0.2, 0) is 4.74 Å². The van der Waals surface area contributed by atoms with Crippen molar-refractivity contribution in [2.24, 2.45) is 0 Å². The Balaban J connectivity index is 1.54. The summed E-state index contributed by atoms with van der Waals surface area (Å²) in [6.07, 6.45) is 0.616. The van der Waals surface area contributed by atoms with Crippen LogP contribution >= 0.6 is 23.2 Å². The first kappa shape index (κ1) is 38.1. The third-order valence-electron chi connectivity index (χ3n) is 8.37. The monoisotopic (exact) mass is 760 g/mol. The first-order valence-electron chi connectivity index (χ1n) is 16.1. The van der Waals surface area contributed by atoms with Crippen LogP contribution in [0.5, 0.6) is 11.5 Å². The van der Waals surface area contributed by atoms with E-state index in [1.807, 2.05) is 0 Å². The molecule has 0 unspecified atom stereocenters. The van der Waals surface area contributed by atoms with Crippen LogP contribution in [0.15, 0.2) is 36.7 Å². The molecule has 0 atom stereocenters. The van der Waals surface area contributed by atoms with Gasteiger partial charge in [-0.3, -0.25) is 19.9 Å². The van der Waals surface area contributed by atoms with Gasteiger partial charge in [-0.25, -0.2) is 29.3 Å². The van der Waals surface area contributed by atoms with Gasteiger partial charge >= 0.3 is 18.2 Å². The lowest BCUT2D eigenvalue weighted by Gasteiger charge is -2.36. The molecule has 2 heterocycles. The van der Waals surface area contributed by atoms with Crippen molar-refractivity contribution in [1.29, 1.82) is 0 Å². The van der Waals surface area contributed by atoms with E-state index in [4.69, 9.17) is 37.4 Å². The van der Waals surface area contributed by atoms with Gasteiger partial charge < -0.3 is 24.2 Å². The molecule has 1 N–H and O–H groups in total. The van der Waals surface area contributed by atoms with Crippen molar-refractivity contribution in [1.82, 2.24) is 14.9 Å². The Bertz CT molecular complexity index is 1850. The molecule has 2 fully saturated rings. The highest BCUT2D eigenvalue weighted by Crippen LogP contribution is 2.47. The maximum Gasteiger partial charge on any atom is 0.420 e. The molecule has 0 spiro atoms. The van der Waals surface area contributed by atoms with Crippen LogP contribution in [0.2, 0.25) is 10.0 Å². The lowest BCUT2D eigenvalue weighted by molar-refractivity contribution is -0.384. The average molecular weight is 762 g/mol. The summed E-state index contributed by atoms with van der Waals surface area (Å²) in [4.78, 5) is 67.0. The summed E-state index contributed by atoms with van der Waals surface area (Å²) in [7, 11) is 3.77. The van der Waals surface area contributed by atoms with Gasteiger partial charge in [0.15, 0.2) is 0 Å². The zero-order valence-corrected chi connectivity index (χ0v) is 30.8. The van der Waals surface area contributed by atoms with E-state index in [2.05, 4.69) is 19.8 Å². The minimum atomic E-state index is -1.76. The molecule has 17 nitrogen and oxygen atoms in total. The number of carbonyl (C=O) groups is 3. The fourth-order valence-electron chi connectivity index (χ4n) is 5.68. The fourth-order valence-corrected chi connectivity index (χ4v) is 6.35. The Kier molecular flexibility index (Phi) is 11.2. The van der Waals surface area contributed by atoms with Gasteiger partial charge in [0.2, 0.25) is 0 Å². The number of carboxylic acid groups (broad SMARTS) is 1.